The van der Waals surface area contributed by atoms with Gasteiger partial charge in [0, 0.05) is 27.6 Å². The summed E-state index contributed by atoms with van der Waals surface area (Å²) in [4.78, 5) is 28.9. The number of amides is 2. The number of aryl methyl sites for hydroxylation is 1. The van der Waals surface area contributed by atoms with Crippen molar-refractivity contribution in [2.45, 2.75) is 51.6 Å². The van der Waals surface area contributed by atoms with Crippen LogP contribution in [0.4, 0.5) is 5.69 Å². The highest BCUT2D eigenvalue weighted by molar-refractivity contribution is 9.10. The number of hydrogen-bond acceptors (Lipinski definition) is 4. The van der Waals surface area contributed by atoms with Crippen molar-refractivity contribution in [3.05, 3.63) is 92.4 Å². The molecule has 1 N–H and O–H groups in total. The van der Waals surface area contributed by atoms with Gasteiger partial charge in [-0.1, -0.05) is 83.7 Å². The van der Waals surface area contributed by atoms with Crippen LogP contribution in [0.15, 0.2) is 76.1 Å². The van der Waals surface area contributed by atoms with E-state index in [1.807, 2.05) is 20.8 Å². The molecule has 0 heterocycles. The number of benzene rings is 3. The smallest absolute Gasteiger partial charge is 0.264 e. The lowest BCUT2D eigenvalue weighted by atomic mass is 10.1. The maximum Gasteiger partial charge on any atom is 0.264 e. The summed E-state index contributed by atoms with van der Waals surface area (Å²) in [5.74, 6) is -0.670. The first-order valence-electron chi connectivity index (χ1n) is 13.2. The fourth-order valence-electron chi connectivity index (χ4n) is 4.15. The SMILES string of the molecule is CC[C@H](C(=O)NCC(C)C)N(Cc1ccc(Cl)cc1Cl)C(=O)CN(c1ccc(Br)cc1)S(=O)(=O)c1ccc(C)cc1. The number of sulfonamides is 1. The standard InChI is InChI=1S/C30H34BrCl2N3O4S/c1-5-28(30(38)34-17-20(2)3)35(18-22-8-11-24(32)16-27(22)33)29(37)19-36(25-12-9-23(31)10-13-25)41(39,40)26-14-6-21(4)7-15-26/h6-16,20,28H,5,17-19H2,1-4H3,(H,34,38)/t28-/m1/s1. The number of nitrogens with one attached hydrogen (secondary N) is 1. The van der Waals surface area contributed by atoms with Crippen LogP contribution >= 0.6 is 39.1 Å². The van der Waals surface area contributed by atoms with Crippen LogP contribution in [0.1, 0.15) is 38.3 Å². The Morgan fingerprint density at radius 2 is 1.61 bits per heavy atom. The molecular formula is C30H34BrCl2N3O4S. The summed E-state index contributed by atoms with van der Waals surface area (Å²) < 4.78 is 29.7. The minimum atomic E-state index is -4.15. The molecule has 3 aromatic rings. The van der Waals surface area contributed by atoms with Gasteiger partial charge in [-0.3, -0.25) is 13.9 Å². The van der Waals surface area contributed by atoms with E-state index in [0.29, 0.717) is 34.3 Å². The van der Waals surface area contributed by atoms with Crippen LogP contribution in [0.5, 0.6) is 0 Å². The van der Waals surface area contributed by atoms with Gasteiger partial charge in [0.1, 0.15) is 12.6 Å². The molecule has 0 aliphatic carbocycles. The predicted octanol–water partition coefficient (Wildman–Crippen LogP) is 6.84. The van der Waals surface area contributed by atoms with Crippen LogP contribution < -0.4 is 9.62 Å². The second kappa shape index (κ2) is 14.5. The van der Waals surface area contributed by atoms with Crippen molar-refractivity contribution in [1.82, 2.24) is 10.2 Å². The molecule has 0 fully saturated rings. The van der Waals surface area contributed by atoms with Gasteiger partial charge in [0.25, 0.3) is 10.0 Å². The topological polar surface area (TPSA) is 86.8 Å². The number of rotatable bonds is 12. The molecule has 41 heavy (non-hydrogen) atoms. The Labute approximate surface area is 261 Å². The van der Waals surface area contributed by atoms with Gasteiger partial charge in [0.15, 0.2) is 0 Å². The Bertz CT molecular complexity index is 1470. The highest BCUT2D eigenvalue weighted by atomic mass is 79.9. The Hall–Kier alpha value is -2.59. The third-order valence-corrected chi connectivity index (χ3v) is 9.33. The molecule has 0 unspecified atom stereocenters. The molecule has 2 amide bonds. The third kappa shape index (κ3) is 8.70. The summed E-state index contributed by atoms with van der Waals surface area (Å²) in [6, 6.07) is 17.1. The zero-order valence-corrected chi connectivity index (χ0v) is 27.3. The summed E-state index contributed by atoms with van der Waals surface area (Å²) in [6.07, 6.45) is 0.309. The normalized spacial score (nSPS) is 12.2. The minimum absolute atomic E-state index is 0.0127. The van der Waals surface area contributed by atoms with Crippen molar-refractivity contribution in [3.63, 3.8) is 0 Å². The summed E-state index contributed by atoms with van der Waals surface area (Å²) in [7, 11) is -4.15. The lowest BCUT2D eigenvalue weighted by molar-refractivity contribution is -0.140. The van der Waals surface area contributed by atoms with E-state index in [4.69, 9.17) is 23.2 Å². The highest BCUT2D eigenvalue weighted by Crippen LogP contribution is 2.28. The predicted molar refractivity (Wildman–Crippen MR) is 169 cm³/mol. The quantitative estimate of drug-likeness (QED) is 0.227. The maximum absolute atomic E-state index is 14.1. The molecule has 0 aliphatic rings. The summed E-state index contributed by atoms with van der Waals surface area (Å²) >= 11 is 15.9. The molecule has 3 rings (SSSR count). The van der Waals surface area contributed by atoms with Crippen molar-refractivity contribution in [2.24, 2.45) is 5.92 Å². The molecule has 220 valence electrons. The number of hydrogen-bond donors (Lipinski definition) is 1. The molecule has 11 heteroatoms. The van der Waals surface area contributed by atoms with Crippen molar-refractivity contribution in [3.8, 4) is 0 Å². The van der Waals surface area contributed by atoms with Crippen LogP contribution in [0.3, 0.4) is 0 Å². The molecule has 7 nitrogen and oxygen atoms in total. The Kier molecular flexibility index (Phi) is 11.7. The molecule has 0 aromatic heterocycles. The average Bonchev–Trinajstić information content (AvgIpc) is 2.92. The van der Waals surface area contributed by atoms with E-state index < -0.39 is 28.5 Å². The zero-order valence-electron chi connectivity index (χ0n) is 23.4. The van der Waals surface area contributed by atoms with Crippen molar-refractivity contribution < 1.29 is 18.0 Å². The van der Waals surface area contributed by atoms with E-state index in [-0.39, 0.29) is 23.3 Å². The van der Waals surface area contributed by atoms with Crippen molar-refractivity contribution in [2.75, 3.05) is 17.4 Å². The number of anilines is 1. The fourth-order valence-corrected chi connectivity index (χ4v) is 6.30. The van der Waals surface area contributed by atoms with Crippen LogP contribution in [-0.2, 0) is 26.2 Å². The van der Waals surface area contributed by atoms with E-state index in [9.17, 15) is 18.0 Å². The van der Waals surface area contributed by atoms with E-state index in [1.54, 1.807) is 61.5 Å². The largest absolute Gasteiger partial charge is 0.354 e. The van der Waals surface area contributed by atoms with E-state index >= 15 is 0 Å². The molecule has 0 aliphatic heterocycles. The first-order chi connectivity index (χ1) is 19.3. The van der Waals surface area contributed by atoms with Gasteiger partial charge in [0.2, 0.25) is 11.8 Å². The minimum Gasteiger partial charge on any atom is -0.354 e. The highest BCUT2D eigenvalue weighted by Gasteiger charge is 2.34. The first-order valence-corrected chi connectivity index (χ1v) is 16.2. The van der Waals surface area contributed by atoms with Crippen LogP contribution in [-0.4, -0.2) is 44.3 Å². The number of nitrogens with zero attached hydrogens (tertiary/aromatic N) is 2. The van der Waals surface area contributed by atoms with Gasteiger partial charge in [-0.05, 0) is 73.4 Å². The Balaban J connectivity index is 2.06. The van der Waals surface area contributed by atoms with Gasteiger partial charge in [-0.25, -0.2) is 8.42 Å². The lowest BCUT2D eigenvalue weighted by Crippen LogP contribution is -2.52. The molecule has 0 saturated heterocycles. The number of carbonyl (C=O) groups is 2. The molecular weight excluding hydrogens is 649 g/mol. The molecule has 0 radical (unpaired) electrons. The number of carbonyl (C=O) groups excluding carboxylic acids is 2. The number of halogens is 3. The Morgan fingerprint density at radius 1 is 0.976 bits per heavy atom. The van der Waals surface area contributed by atoms with E-state index in [0.717, 1.165) is 14.3 Å². The van der Waals surface area contributed by atoms with Crippen molar-refractivity contribution in [1.29, 1.82) is 0 Å². The lowest BCUT2D eigenvalue weighted by Gasteiger charge is -2.33. The first kappa shape index (κ1) is 32.9. The molecule has 0 spiro atoms. The summed E-state index contributed by atoms with van der Waals surface area (Å²) in [5, 5.41) is 3.68. The van der Waals surface area contributed by atoms with Gasteiger partial charge >= 0.3 is 0 Å². The van der Waals surface area contributed by atoms with E-state index in [1.165, 1.54) is 17.0 Å². The van der Waals surface area contributed by atoms with E-state index in [2.05, 4.69) is 21.2 Å². The molecule has 3 aromatic carbocycles. The summed E-state index contributed by atoms with van der Waals surface area (Å²) in [6.45, 7) is 7.51. The summed E-state index contributed by atoms with van der Waals surface area (Å²) in [5.41, 5.74) is 1.79. The Morgan fingerprint density at radius 3 is 2.17 bits per heavy atom. The van der Waals surface area contributed by atoms with Crippen molar-refractivity contribution >= 4 is 66.7 Å². The molecule has 1 atom stereocenters. The zero-order chi connectivity index (χ0) is 30.3. The monoisotopic (exact) mass is 681 g/mol. The second-order valence-corrected chi connectivity index (χ2v) is 13.7. The third-order valence-electron chi connectivity index (χ3n) is 6.43. The molecule has 0 bridgehead atoms. The maximum atomic E-state index is 14.1. The van der Waals surface area contributed by atoms with Gasteiger partial charge < -0.3 is 10.2 Å². The van der Waals surface area contributed by atoms with Crippen LogP contribution in [0.25, 0.3) is 0 Å². The van der Waals surface area contributed by atoms with Gasteiger partial charge in [-0.2, -0.15) is 0 Å². The fraction of sp³-hybridized carbons (Fsp3) is 0.333. The van der Waals surface area contributed by atoms with Crippen LogP contribution in [0.2, 0.25) is 10.0 Å². The molecule has 0 saturated carbocycles. The second-order valence-electron chi connectivity index (χ2n) is 10.1. The van der Waals surface area contributed by atoms with Crippen LogP contribution in [0, 0.1) is 12.8 Å². The van der Waals surface area contributed by atoms with Gasteiger partial charge in [0.05, 0.1) is 10.6 Å². The van der Waals surface area contributed by atoms with Gasteiger partial charge in [-0.15, -0.1) is 0 Å². The average molecular weight is 683 g/mol.